The van der Waals surface area contributed by atoms with Crippen LogP contribution in [0.2, 0.25) is 0 Å². The molecule has 0 aliphatic carbocycles. The number of rotatable bonds is 4. The van der Waals surface area contributed by atoms with Crippen molar-refractivity contribution in [1.29, 1.82) is 0 Å². The number of primary amides is 1. The lowest BCUT2D eigenvalue weighted by Gasteiger charge is -2.21. The number of benzene rings is 1. The van der Waals surface area contributed by atoms with Crippen molar-refractivity contribution in [3.63, 3.8) is 0 Å². The van der Waals surface area contributed by atoms with E-state index in [-0.39, 0.29) is 12.4 Å². The van der Waals surface area contributed by atoms with Gasteiger partial charge in [-0.1, -0.05) is 12.1 Å². The van der Waals surface area contributed by atoms with Crippen LogP contribution in [0.5, 0.6) is 0 Å². The third-order valence-electron chi connectivity index (χ3n) is 3.17. The number of nitrogens with two attached hydrogens (primary N) is 1. The van der Waals surface area contributed by atoms with Crippen molar-refractivity contribution in [2.24, 2.45) is 5.73 Å². The molecule has 0 aliphatic heterocycles. The number of pyridine rings is 1. The molecule has 0 saturated carbocycles. The molecular formula is C15H15F2N3O2. The SMILES string of the molecule is Cc1nc(N(C(N)=O)c2c(F)cccc2F)ccc1CCO. The van der Waals surface area contributed by atoms with Gasteiger partial charge in [-0.25, -0.2) is 23.5 Å². The molecule has 0 spiro atoms. The third-order valence-corrected chi connectivity index (χ3v) is 3.17. The highest BCUT2D eigenvalue weighted by molar-refractivity contribution is 5.97. The Hall–Kier alpha value is -2.54. The second-order valence-electron chi connectivity index (χ2n) is 4.63. The predicted octanol–water partition coefficient (Wildman–Crippen LogP) is 2.42. The normalized spacial score (nSPS) is 10.5. The maximum atomic E-state index is 13.9. The van der Waals surface area contributed by atoms with E-state index in [4.69, 9.17) is 10.8 Å². The molecule has 0 saturated heterocycles. The second kappa shape index (κ2) is 6.48. The number of carbonyl (C=O) groups excluding carboxylic acids is 1. The lowest BCUT2D eigenvalue weighted by molar-refractivity contribution is 0.255. The smallest absolute Gasteiger partial charge is 0.325 e. The van der Waals surface area contributed by atoms with E-state index in [1.165, 1.54) is 12.1 Å². The van der Waals surface area contributed by atoms with Crippen LogP contribution in [0.1, 0.15) is 11.3 Å². The topological polar surface area (TPSA) is 79.5 Å². The number of carbonyl (C=O) groups is 1. The summed E-state index contributed by atoms with van der Waals surface area (Å²) in [5, 5.41) is 8.95. The van der Waals surface area contributed by atoms with Crippen molar-refractivity contribution in [1.82, 2.24) is 4.98 Å². The average molecular weight is 307 g/mol. The van der Waals surface area contributed by atoms with Crippen LogP contribution in [0.15, 0.2) is 30.3 Å². The molecule has 1 heterocycles. The van der Waals surface area contributed by atoms with Crippen LogP contribution in [0.3, 0.4) is 0 Å². The van der Waals surface area contributed by atoms with Crippen LogP contribution in [0.25, 0.3) is 0 Å². The minimum absolute atomic E-state index is 0.00990. The van der Waals surface area contributed by atoms with Crippen molar-refractivity contribution in [3.8, 4) is 0 Å². The zero-order valence-corrected chi connectivity index (χ0v) is 11.9. The highest BCUT2D eigenvalue weighted by Crippen LogP contribution is 2.29. The number of anilines is 2. The zero-order chi connectivity index (χ0) is 16.3. The highest BCUT2D eigenvalue weighted by atomic mass is 19.1. The number of hydrogen-bond acceptors (Lipinski definition) is 3. The Bertz CT molecular complexity index is 687. The number of para-hydroxylation sites is 1. The summed E-state index contributed by atoms with van der Waals surface area (Å²) >= 11 is 0. The number of aliphatic hydroxyl groups excluding tert-OH is 1. The van der Waals surface area contributed by atoms with Gasteiger partial charge in [-0.05, 0) is 37.1 Å². The molecule has 5 nitrogen and oxygen atoms in total. The Labute approximate surface area is 126 Å². The third kappa shape index (κ3) is 3.04. The zero-order valence-electron chi connectivity index (χ0n) is 11.9. The number of urea groups is 1. The quantitative estimate of drug-likeness (QED) is 0.910. The number of aliphatic hydroxyl groups is 1. The molecule has 0 fully saturated rings. The standard InChI is InChI=1S/C15H15F2N3O2/c1-9-10(7-8-21)5-6-13(19-9)20(15(18)22)14-11(16)3-2-4-12(14)17/h2-6,21H,7-8H2,1H3,(H2,18,22). The fraction of sp³-hybridized carbons (Fsp3) is 0.200. The van der Waals surface area contributed by atoms with Gasteiger partial charge in [0.25, 0.3) is 0 Å². The Kier molecular flexibility index (Phi) is 4.67. The number of aryl methyl sites for hydroxylation is 1. The average Bonchev–Trinajstić information content (AvgIpc) is 2.45. The second-order valence-corrected chi connectivity index (χ2v) is 4.63. The fourth-order valence-corrected chi connectivity index (χ4v) is 2.13. The van der Waals surface area contributed by atoms with Gasteiger partial charge in [0.05, 0.1) is 0 Å². The summed E-state index contributed by atoms with van der Waals surface area (Å²) in [6.07, 6.45) is 0.393. The van der Waals surface area contributed by atoms with Crippen molar-refractivity contribution < 1.29 is 18.7 Å². The Morgan fingerprint density at radius 2 is 1.91 bits per heavy atom. The van der Waals surface area contributed by atoms with Gasteiger partial charge in [0.1, 0.15) is 23.1 Å². The number of halogens is 2. The predicted molar refractivity (Wildman–Crippen MR) is 77.8 cm³/mol. The number of amides is 2. The van der Waals surface area contributed by atoms with Crippen molar-refractivity contribution >= 4 is 17.5 Å². The van der Waals surface area contributed by atoms with Crippen molar-refractivity contribution in [2.75, 3.05) is 11.5 Å². The summed E-state index contributed by atoms with van der Waals surface area (Å²) in [7, 11) is 0. The summed E-state index contributed by atoms with van der Waals surface area (Å²) < 4.78 is 27.8. The minimum Gasteiger partial charge on any atom is -0.396 e. The maximum Gasteiger partial charge on any atom is 0.325 e. The van der Waals surface area contributed by atoms with E-state index in [2.05, 4.69) is 4.98 Å². The fourth-order valence-electron chi connectivity index (χ4n) is 2.13. The van der Waals surface area contributed by atoms with Crippen LogP contribution in [-0.4, -0.2) is 22.7 Å². The molecule has 2 aromatic rings. The van der Waals surface area contributed by atoms with Gasteiger partial charge in [-0.15, -0.1) is 0 Å². The lowest BCUT2D eigenvalue weighted by Crippen LogP contribution is -2.33. The number of aromatic nitrogens is 1. The van der Waals surface area contributed by atoms with Crippen LogP contribution < -0.4 is 10.6 Å². The summed E-state index contributed by atoms with van der Waals surface area (Å²) in [6.45, 7) is 1.62. The molecule has 2 amide bonds. The van der Waals surface area contributed by atoms with Gasteiger partial charge in [-0.2, -0.15) is 0 Å². The highest BCUT2D eigenvalue weighted by Gasteiger charge is 2.24. The van der Waals surface area contributed by atoms with Crippen LogP contribution >= 0.6 is 0 Å². The minimum atomic E-state index is -1.05. The summed E-state index contributed by atoms with van der Waals surface area (Å²) in [6, 6.07) is 5.25. The molecule has 3 N–H and O–H groups in total. The molecule has 1 aromatic carbocycles. The first kappa shape index (κ1) is 15.8. The molecule has 1 aromatic heterocycles. The first-order valence-corrected chi connectivity index (χ1v) is 6.56. The number of nitrogens with zero attached hydrogens (tertiary/aromatic N) is 2. The van der Waals surface area contributed by atoms with Crippen LogP contribution in [0.4, 0.5) is 25.1 Å². The van der Waals surface area contributed by atoms with Crippen LogP contribution in [-0.2, 0) is 6.42 Å². The molecular weight excluding hydrogens is 292 g/mol. The Morgan fingerprint density at radius 1 is 1.27 bits per heavy atom. The first-order chi connectivity index (χ1) is 10.5. The van der Waals surface area contributed by atoms with E-state index in [0.717, 1.165) is 17.7 Å². The van der Waals surface area contributed by atoms with Gasteiger partial charge in [0, 0.05) is 12.3 Å². The van der Waals surface area contributed by atoms with E-state index in [0.29, 0.717) is 17.0 Å². The summed E-state index contributed by atoms with van der Waals surface area (Å²) in [5.74, 6) is -1.83. The van der Waals surface area contributed by atoms with Gasteiger partial charge < -0.3 is 10.8 Å². The molecule has 0 radical (unpaired) electrons. The molecule has 22 heavy (non-hydrogen) atoms. The molecule has 0 aliphatic rings. The van der Waals surface area contributed by atoms with Crippen molar-refractivity contribution in [3.05, 3.63) is 53.2 Å². The van der Waals surface area contributed by atoms with E-state index in [1.807, 2.05) is 0 Å². The van der Waals surface area contributed by atoms with Crippen LogP contribution in [0, 0.1) is 18.6 Å². The molecule has 0 atom stereocenters. The molecule has 2 rings (SSSR count). The monoisotopic (exact) mass is 307 g/mol. The molecule has 116 valence electrons. The van der Waals surface area contributed by atoms with Gasteiger partial charge in [-0.3, -0.25) is 0 Å². The van der Waals surface area contributed by atoms with E-state index < -0.39 is 23.4 Å². The van der Waals surface area contributed by atoms with Gasteiger partial charge in [0.15, 0.2) is 0 Å². The van der Waals surface area contributed by atoms with Gasteiger partial charge in [0.2, 0.25) is 0 Å². The Balaban J connectivity index is 2.54. The van der Waals surface area contributed by atoms with E-state index in [1.54, 1.807) is 13.0 Å². The first-order valence-electron chi connectivity index (χ1n) is 6.56. The number of hydrogen-bond donors (Lipinski definition) is 2. The largest absolute Gasteiger partial charge is 0.396 e. The van der Waals surface area contributed by atoms with Crippen molar-refractivity contribution in [2.45, 2.75) is 13.3 Å². The molecule has 0 unspecified atom stereocenters. The van der Waals surface area contributed by atoms with E-state index in [9.17, 15) is 13.6 Å². The summed E-state index contributed by atoms with van der Waals surface area (Å²) in [4.78, 5) is 16.5. The summed E-state index contributed by atoms with van der Waals surface area (Å²) in [5.41, 5.74) is 5.99. The van der Waals surface area contributed by atoms with E-state index >= 15 is 0 Å². The lowest BCUT2D eigenvalue weighted by atomic mass is 10.1. The van der Waals surface area contributed by atoms with Gasteiger partial charge >= 0.3 is 6.03 Å². The maximum absolute atomic E-state index is 13.9. The molecule has 7 heteroatoms. The molecule has 0 bridgehead atoms. The Morgan fingerprint density at radius 3 is 2.41 bits per heavy atom.